The molecule has 4 rings (SSSR count). The maximum atomic E-state index is 13.0. The second-order valence-corrected chi connectivity index (χ2v) is 9.45. The predicted octanol–water partition coefficient (Wildman–Crippen LogP) is 4.70. The predicted molar refractivity (Wildman–Crippen MR) is 148 cm³/mol. The molecule has 38 heavy (non-hydrogen) atoms. The molecule has 3 amide bonds. The van der Waals surface area contributed by atoms with Crippen molar-refractivity contribution in [2.45, 2.75) is 19.3 Å². The minimum atomic E-state index is -0.474. The highest BCUT2D eigenvalue weighted by Crippen LogP contribution is 2.25. The lowest BCUT2D eigenvalue weighted by molar-refractivity contribution is -0.119. The summed E-state index contributed by atoms with van der Waals surface area (Å²) in [5.41, 5.74) is 1.59. The summed E-state index contributed by atoms with van der Waals surface area (Å²) in [6.45, 7) is 2.27. The lowest BCUT2D eigenvalue weighted by Crippen LogP contribution is -2.40. The molecule has 1 fully saturated rings. The number of amides is 3. The molecule has 9 nitrogen and oxygen atoms in total. The molecule has 0 bridgehead atoms. The van der Waals surface area contributed by atoms with E-state index >= 15 is 0 Å². The SMILES string of the molecule is COc1ccc(NC(=O)c2ccc(N(C)C(=O)CN3CCCCC3)cc2)c(C(=O)Nc2ccc(Cl)cn2)c1. The molecule has 0 radical (unpaired) electrons. The van der Waals surface area contributed by atoms with Gasteiger partial charge in [0.2, 0.25) is 5.91 Å². The summed E-state index contributed by atoms with van der Waals surface area (Å²) in [7, 11) is 3.23. The third-order valence-electron chi connectivity index (χ3n) is 6.39. The van der Waals surface area contributed by atoms with Gasteiger partial charge in [0.25, 0.3) is 11.8 Å². The third-order valence-corrected chi connectivity index (χ3v) is 6.61. The number of benzene rings is 2. The first-order valence-corrected chi connectivity index (χ1v) is 12.7. The van der Waals surface area contributed by atoms with E-state index in [9.17, 15) is 14.4 Å². The van der Waals surface area contributed by atoms with Gasteiger partial charge >= 0.3 is 0 Å². The Morgan fingerprint density at radius 1 is 0.974 bits per heavy atom. The molecule has 1 aromatic heterocycles. The number of halogens is 1. The number of anilines is 3. The number of nitrogens with one attached hydrogen (secondary N) is 2. The van der Waals surface area contributed by atoms with Crippen LogP contribution in [-0.2, 0) is 4.79 Å². The Labute approximate surface area is 226 Å². The van der Waals surface area contributed by atoms with Gasteiger partial charge in [-0.25, -0.2) is 4.98 Å². The fourth-order valence-corrected chi connectivity index (χ4v) is 4.28. The molecular formula is C28H30ClN5O4. The maximum Gasteiger partial charge on any atom is 0.259 e. The summed E-state index contributed by atoms with van der Waals surface area (Å²) in [4.78, 5) is 46.6. The Balaban J connectivity index is 1.44. The number of likely N-dealkylation sites (tertiary alicyclic amines) is 1. The average Bonchev–Trinajstić information content (AvgIpc) is 2.94. The fourth-order valence-electron chi connectivity index (χ4n) is 4.17. The molecule has 198 valence electrons. The van der Waals surface area contributed by atoms with Gasteiger partial charge in [0.15, 0.2) is 0 Å². The second kappa shape index (κ2) is 12.5. The first kappa shape index (κ1) is 27.1. The first-order chi connectivity index (χ1) is 18.3. The minimum Gasteiger partial charge on any atom is -0.497 e. The van der Waals surface area contributed by atoms with Crippen molar-refractivity contribution < 1.29 is 19.1 Å². The van der Waals surface area contributed by atoms with E-state index in [1.807, 2.05) is 0 Å². The van der Waals surface area contributed by atoms with Crippen molar-refractivity contribution in [1.82, 2.24) is 9.88 Å². The number of likely N-dealkylation sites (N-methyl/N-ethyl adjacent to an activating group) is 1. The van der Waals surface area contributed by atoms with Gasteiger partial charge in [0.05, 0.1) is 29.9 Å². The van der Waals surface area contributed by atoms with Crippen molar-refractivity contribution in [3.63, 3.8) is 0 Å². The number of pyridine rings is 1. The van der Waals surface area contributed by atoms with E-state index in [1.54, 1.807) is 60.5 Å². The second-order valence-electron chi connectivity index (χ2n) is 9.02. The molecule has 0 saturated carbocycles. The summed E-state index contributed by atoms with van der Waals surface area (Å²) in [6.07, 6.45) is 4.88. The van der Waals surface area contributed by atoms with Crippen molar-refractivity contribution in [2.75, 3.05) is 49.3 Å². The van der Waals surface area contributed by atoms with E-state index in [-0.39, 0.29) is 11.5 Å². The van der Waals surface area contributed by atoms with Crippen molar-refractivity contribution >= 4 is 46.5 Å². The lowest BCUT2D eigenvalue weighted by Gasteiger charge is -2.28. The van der Waals surface area contributed by atoms with Crippen LogP contribution in [0.4, 0.5) is 17.2 Å². The van der Waals surface area contributed by atoms with Gasteiger partial charge in [-0.1, -0.05) is 18.0 Å². The van der Waals surface area contributed by atoms with E-state index in [0.717, 1.165) is 25.9 Å². The normalized spacial score (nSPS) is 13.4. The van der Waals surface area contributed by atoms with Crippen LogP contribution in [0.25, 0.3) is 0 Å². The monoisotopic (exact) mass is 535 g/mol. The largest absolute Gasteiger partial charge is 0.497 e. The summed E-state index contributed by atoms with van der Waals surface area (Å²) >= 11 is 5.87. The molecule has 2 heterocycles. The van der Waals surface area contributed by atoms with Gasteiger partial charge in [-0.2, -0.15) is 0 Å². The van der Waals surface area contributed by atoms with Crippen molar-refractivity contribution in [2.24, 2.45) is 0 Å². The summed E-state index contributed by atoms with van der Waals surface area (Å²) in [6, 6.07) is 14.7. The number of hydrogen-bond acceptors (Lipinski definition) is 6. The van der Waals surface area contributed by atoms with E-state index in [2.05, 4.69) is 20.5 Å². The zero-order chi connectivity index (χ0) is 27.1. The number of piperidine rings is 1. The first-order valence-electron chi connectivity index (χ1n) is 12.4. The van der Waals surface area contributed by atoms with Crippen LogP contribution in [-0.4, -0.2) is 61.4 Å². The molecule has 2 aromatic carbocycles. The number of hydrogen-bond donors (Lipinski definition) is 2. The summed E-state index contributed by atoms with van der Waals surface area (Å²) in [5, 5.41) is 5.93. The van der Waals surface area contributed by atoms with E-state index < -0.39 is 11.8 Å². The molecule has 0 unspecified atom stereocenters. The molecular weight excluding hydrogens is 506 g/mol. The maximum absolute atomic E-state index is 13.0. The Kier molecular flexibility index (Phi) is 8.93. The van der Waals surface area contributed by atoms with Gasteiger partial charge in [0.1, 0.15) is 11.6 Å². The molecule has 0 spiro atoms. The van der Waals surface area contributed by atoms with Crippen LogP contribution in [0.5, 0.6) is 5.75 Å². The highest BCUT2D eigenvalue weighted by atomic mass is 35.5. The standard InChI is InChI=1S/C28H30ClN5O4/c1-33(26(35)18-34-14-4-3-5-15-34)21-9-6-19(7-10-21)27(36)31-24-12-11-22(38-2)16-23(24)28(37)32-25-13-8-20(29)17-30-25/h6-13,16-17H,3-5,14-15,18H2,1-2H3,(H,31,36)(H,30,32,37). The van der Waals surface area contributed by atoms with Crippen LogP contribution in [0.15, 0.2) is 60.8 Å². The van der Waals surface area contributed by atoms with Gasteiger partial charge < -0.3 is 20.3 Å². The molecule has 1 aliphatic rings. The lowest BCUT2D eigenvalue weighted by atomic mass is 10.1. The number of methoxy groups -OCH3 is 1. The summed E-state index contributed by atoms with van der Waals surface area (Å²) < 4.78 is 5.26. The molecule has 3 aromatic rings. The van der Waals surface area contributed by atoms with Gasteiger partial charge in [-0.3, -0.25) is 19.3 Å². The molecule has 0 aliphatic carbocycles. The highest BCUT2D eigenvalue weighted by Gasteiger charge is 2.19. The number of carbonyl (C=O) groups is 3. The zero-order valence-corrected chi connectivity index (χ0v) is 22.1. The van der Waals surface area contributed by atoms with Crippen LogP contribution in [0, 0.1) is 0 Å². The highest BCUT2D eigenvalue weighted by molar-refractivity contribution is 6.30. The topological polar surface area (TPSA) is 104 Å². The number of nitrogens with zero attached hydrogens (tertiary/aromatic N) is 3. The molecule has 1 saturated heterocycles. The molecule has 10 heteroatoms. The fraction of sp³-hybridized carbons (Fsp3) is 0.286. The number of carbonyl (C=O) groups excluding carboxylic acids is 3. The molecule has 1 aliphatic heterocycles. The minimum absolute atomic E-state index is 0.00756. The summed E-state index contributed by atoms with van der Waals surface area (Å²) in [5.74, 6) is -0.0954. The third kappa shape index (κ3) is 6.87. The van der Waals surface area contributed by atoms with Crippen molar-refractivity contribution in [1.29, 1.82) is 0 Å². The van der Waals surface area contributed by atoms with E-state index in [0.29, 0.717) is 40.1 Å². The van der Waals surface area contributed by atoms with Crippen molar-refractivity contribution in [3.8, 4) is 5.75 Å². The van der Waals surface area contributed by atoms with Gasteiger partial charge in [-0.05, 0) is 80.5 Å². The van der Waals surface area contributed by atoms with Crippen LogP contribution >= 0.6 is 11.6 Å². The Morgan fingerprint density at radius 3 is 2.37 bits per heavy atom. The smallest absolute Gasteiger partial charge is 0.259 e. The van der Waals surface area contributed by atoms with Crippen LogP contribution in [0.3, 0.4) is 0 Å². The average molecular weight is 536 g/mol. The number of rotatable bonds is 8. The Hall–Kier alpha value is -3.95. The van der Waals surface area contributed by atoms with E-state index in [4.69, 9.17) is 16.3 Å². The number of ether oxygens (including phenoxy) is 1. The Bertz CT molecular complexity index is 1290. The van der Waals surface area contributed by atoms with Crippen LogP contribution < -0.4 is 20.3 Å². The quantitative estimate of drug-likeness (QED) is 0.433. The Morgan fingerprint density at radius 2 is 1.71 bits per heavy atom. The zero-order valence-electron chi connectivity index (χ0n) is 21.4. The van der Waals surface area contributed by atoms with Gasteiger partial charge in [-0.15, -0.1) is 0 Å². The van der Waals surface area contributed by atoms with Crippen molar-refractivity contribution in [3.05, 3.63) is 76.9 Å². The number of aromatic nitrogens is 1. The molecule has 2 N–H and O–H groups in total. The molecule has 0 atom stereocenters. The van der Waals surface area contributed by atoms with Crippen LogP contribution in [0.2, 0.25) is 5.02 Å². The van der Waals surface area contributed by atoms with Crippen LogP contribution in [0.1, 0.15) is 40.0 Å². The van der Waals surface area contributed by atoms with Gasteiger partial charge in [0, 0.05) is 24.5 Å². The van der Waals surface area contributed by atoms with E-state index in [1.165, 1.54) is 25.8 Å².